The molecule has 0 amide bonds. The summed E-state index contributed by atoms with van der Waals surface area (Å²) in [7, 11) is 1.41. The highest BCUT2D eigenvalue weighted by atomic mass is 16.5. The molecular weight excluding hydrogens is 456 g/mol. The van der Waals surface area contributed by atoms with Gasteiger partial charge in [-0.1, -0.05) is 18.2 Å². The van der Waals surface area contributed by atoms with Gasteiger partial charge < -0.3 is 34.3 Å². The molecule has 4 N–H and O–H groups in total. The number of phenols is 3. The minimum atomic E-state index is -1.25. The second-order valence-corrected chi connectivity index (χ2v) is 7.92. The van der Waals surface area contributed by atoms with Gasteiger partial charge in [-0.2, -0.15) is 0 Å². The predicted molar refractivity (Wildman–Crippen MR) is 125 cm³/mol. The van der Waals surface area contributed by atoms with Crippen molar-refractivity contribution < 1.29 is 39.1 Å². The zero-order chi connectivity index (χ0) is 25.3. The van der Waals surface area contributed by atoms with E-state index in [4.69, 9.17) is 13.9 Å². The van der Waals surface area contributed by atoms with E-state index in [1.807, 2.05) is 0 Å². The number of rotatable bonds is 5. The van der Waals surface area contributed by atoms with Gasteiger partial charge in [0.2, 0.25) is 0 Å². The molecule has 0 bridgehead atoms. The van der Waals surface area contributed by atoms with Crippen molar-refractivity contribution in [2.75, 3.05) is 7.11 Å². The molecule has 2 heterocycles. The van der Waals surface area contributed by atoms with Gasteiger partial charge in [-0.15, -0.1) is 0 Å². The summed E-state index contributed by atoms with van der Waals surface area (Å²) in [5.41, 5.74) is -0.278. The zero-order valence-electron chi connectivity index (χ0n) is 18.8. The summed E-state index contributed by atoms with van der Waals surface area (Å²) in [6.07, 6.45) is 3.18. The quantitative estimate of drug-likeness (QED) is 0.400. The van der Waals surface area contributed by atoms with Crippen molar-refractivity contribution in [1.82, 2.24) is 0 Å². The number of carbonyl (C=O) groups is 1. The summed E-state index contributed by atoms with van der Waals surface area (Å²) in [6.45, 7) is 1.57. The fourth-order valence-corrected chi connectivity index (χ4v) is 3.87. The first kappa shape index (κ1) is 23.5. The molecular formula is C26H22O9. The number of phenolic OH excluding ortho intramolecular Hbond substituents is 3. The number of allylic oxidation sites excluding steroid dienone is 2. The van der Waals surface area contributed by atoms with Crippen LogP contribution in [-0.4, -0.2) is 33.3 Å². The van der Waals surface area contributed by atoms with E-state index in [2.05, 4.69) is 0 Å². The molecule has 0 radical (unpaired) electrons. The van der Waals surface area contributed by atoms with E-state index in [1.165, 1.54) is 49.6 Å². The lowest BCUT2D eigenvalue weighted by Crippen LogP contribution is -2.29. The number of ketones is 1. The fourth-order valence-electron chi connectivity index (χ4n) is 3.87. The topological polar surface area (TPSA) is 147 Å². The van der Waals surface area contributed by atoms with Gasteiger partial charge in [-0.3, -0.25) is 4.79 Å². The third-order valence-electron chi connectivity index (χ3n) is 5.54. The summed E-state index contributed by atoms with van der Waals surface area (Å²) in [6, 6.07) is 9.74. The fraction of sp³-hybridized carbons (Fsp3) is 0.154. The van der Waals surface area contributed by atoms with E-state index in [0.29, 0.717) is 11.1 Å². The molecule has 0 saturated carbocycles. The van der Waals surface area contributed by atoms with Gasteiger partial charge in [0, 0.05) is 12.1 Å². The van der Waals surface area contributed by atoms with E-state index in [9.17, 15) is 30.0 Å². The maximum atomic E-state index is 12.9. The molecule has 9 heteroatoms. The van der Waals surface area contributed by atoms with Crippen LogP contribution < -0.4 is 10.4 Å². The molecule has 0 saturated heterocycles. The monoisotopic (exact) mass is 478 g/mol. The number of benzene rings is 2. The number of hydrogen-bond donors (Lipinski definition) is 4. The molecule has 9 nitrogen and oxygen atoms in total. The van der Waals surface area contributed by atoms with Gasteiger partial charge in [0.25, 0.3) is 0 Å². The molecule has 1 aromatic heterocycles. The molecule has 4 rings (SSSR count). The Hall–Kier alpha value is -4.66. The van der Waals surface area contributed by atoms with Crippen LogP contribution in [0.2, 0.25) is 0 Å². The first-order valence-electron chi connectivity index (χ1n) is 10.5. The Bertz CT molecular complexity index is 1410. The van der Waals surface area contributed by atoms with Crippen molar-refractivity contribution >= 4 is 17.9 Å². The average molecular weight is 478 g/mol. The minimum absolute atomic E-state index is 0.0259. The Morgan fingerprint density at radius 2 is 1.63 bits per heavy atom. The Kier molecular flexibility index (Phi) is 6.24. The van der Waals surface area contributed by atoms with Crippen molar-refractivity contribution in [3.05, 3.63) is 87.2 Å². The Morgan fingerprint density at radius 3 is 2.31 bits per heavy atom. The maximum Gasteiger partial charge on any atom is 0.344 e. The van der Waals surface area contributed by atoms with Crippen LogP contribution >= 0.6 is 0 Å². The summed E-state index contributed by atoms with van der Waals surface area (Å²) < 4.78 is 16.2. The third-order valence-corrected chi connectivity index (χ3v) is 5.54. The normalized spacial score (nSPS) is 17.8. The molecule has 0 fully saturated rings. The van der Waals surface area contributed by atoms with Crippen LogP contribution in [0.3, 0.4) is 0 Å². The summed E-state index contributed by atoms with van der Waals surface area (Å²) in [5.74, 6) is -2.44. The number of ether oxygens (including phenoxy) is 2. The Balaban J connectivity index is 1.72. The third kappa shape index (κ3) is 4.70. The van der Waals surface area contributed by atoms with Gasteiger partial charge in [-0.05, 0) is 48.4 Å². The molecule has 2 atom stereocenters. The molecule has 2 unspecified atom stereocenters. The number of aromatic hydroxyl groups is 4. The van der Waals surface area contributed by atoms with E-state index >= 15 is 0 Å². The van der Waals surface area contributed by atoms with E-state index in [-0.39, 0.29) is 34.3 Å². The van der Waals surface area contributed by atoms with E-state index in [0.717, 1.165) is 0 Å². The number of methoxy groups -OCH3 is 1. The molecule has 0 aliphatic carbocycles. The first-order valence-corrected chi connectivity index (χ1v) is 10.5. The zero-order valence-corrected chi connectivity index (χ0v) is 18.8. The number of carbonyl (C=O) groups excluding carboxylic acids is 1. The summed E-state index contributed by atoms with van der Waals surface area (Å²) in [4.78, 5) is 25.8. The SMILES string of the molecule is COc1cc(C=Cc2cc(O)c(C3C(=O)C=C(C)OC3c3ccc(O)c(O)c3)c(=O)o2)ccc1O. The number of hydrogen-bond acceptors (Lipinski definition) is 9. The van der Waals surface area contributed by atoms with Gasteiger partial charge in [-0.25, -0.2) is 4.79 Å². The second kappa shape index (κ2) is 9.30. The first-order chi connectivity index (χ1) is 16.7. The molecule has 180 valence electrons. The molecule has 0 spiro atoms. The van der Waals surface area contributed by atoms with Crippen molar-refractivity contribution in [1.29, 1.82) is 0 Å². The highest BCUT2D eigenvalue weighted by molar-refractivity contribution is 5.97. The van der Waals surface area contributed by atoms with Crippen LogP contribution in [0.25, 0.3) is 12.2 Å². The molecule has 2 aromatic carbocycles. The molecule has 35 heavy (non-hydrogen) atoms. The van der Waals surface area contributed by atoms with Crippen molar-refractivity contribution in [3.63, 3.8) is 0 Å². The second-order valence-electron chi connectivity index (χ2n) is 7.92. The van der Waals surface area contributed by atoms with Crippen LogP contribution in [0, 0.1) is 0 Å². The summed E-state index contributed by atoms with van der Waals surface area (Å²) >= 11 is 0. The van der Waals surface area contributed by atoms with Crippen molar-refractivity contribution in [3.8, 4) is 28.7 Å². The minimum Gasteiger partial charge on any atom is -0.507 e. The highest BCUT2D eigenvalue weighted by Crippen LogP contribution is 2.43. The van der Waals surface area contributed by atoms with Crippen LogP contribution in [0.5, 0.6) is 28.7 Å². The van der Waals surface area contributed by atoms with Crippen LogP contribution in [0.15, 0.2) is 63.5 Å². The molecule has 1 aliphatic rings. The molecule has 1 aliphatic heterocycles. The largest absolute Gasteiger partial charge is 0.507 e. The predicted octanol–water partition coefficient (Wildman–Crippen LogP) is 3.97. The lowest BCUT2D eigenvalue weighted by molar-refractivity contribution is -0.121. The van der Waals surface area contributed by atoms with Gasteiger partial charge >= 0.3 is 5.63 Å². The Labute approximate surface area is 199 Å². The van der Waals surface area contributed by atoms with Crippen molar-refractivity contribution in [2.24, 2.45) is 0 Å². The lowest BCUT2D eigenvalue weighted by atomic mass is 9.84. The smallest absolute Gasteiger partial charge is 0.344 e. The maximum absolute atomic E-state index is 12.9. The Morgan fingerprint density at radius 1 is 0.886 bits per heavy atom. The van der Waals surface area contributed by atoms with Gasteiger partial charge in [0.15, 0.2) is 28.8 Å². The van der Waals surface area contributed by atoms with Crippen LogP contribution in [-0.2, 0) is 9.53 Å². The van der Waals surface area contributed by atoms with Gasteiger partial charge in [0.1, 0.15) is 17.6 Å². The highest BCUT2D eigenvalue weighted by Gasteiger charge is 2.39. The molecule has 3 aromatic rings. The average Bonchev–Trinajstić information content (AvgIpc) is 2.81. The van der Waals surface area contributed by atoms with Crippen LogP contribution in [0.4, 0.5) is 0 Å². The van der Waals surface area contributed by atoms with E-state index in [1.54, 1.807) is 25.1 Å². The van der Waals surface area contributed by atoms with E-state index < -0.39 is 34.9 Å². The standard InChI is InChI=1S/C26H22O9/c1-13-9-20(30)23(25(34-13)15-5-8-17(27)19(29)11-15)24-21(31)12-16(35-26(24)32)6-3-14-4-7-18(28)22(10-14)33-2/h3-12,23,25,27-29,31H,1-2H3. The lowest BCUT2D eigenvalue weighted by Gasteiger charge is -2.30. The van der Waals surface area contributed by atoms with Crippen LogP contribution in [0.1, 0.15) is 41.4 Å². The summed E-state index contributed by atoms with van der Waals surface area (Å²) in [5, 5.41) is 40.0. The van der Waals surface area contributed by atoms with Gasteiger partial charge in [0.05, 0.1) is 24.4 Å². The van der Waals surface area contributed by atoms with Crippen molar-refractivity contribution in [2.45, 2.75) is 18.9 Å².